The van der Waals surface area contributed by atoms with Crippen molar-refractivity contribution >= 4 is 5.82 Å². The van der Waals surface area contributed by atoms with E-state index in [1.165, 1.54) is 22.3 Å². The average Bonchev–Trinajstić information content (AvgIpc) is 3.34. The molecule has 28 heavy (non-hydrogen) atoms. The highest BCUT2D eigenvalue weighted by Gasteiger charge is 2.30. The monoisotopic (exact) mass is 365 g/mol. The molecule has 0 aliphatic carbocycles. The van der Waals surface area contributed by atoms with Gasteiger partial charge in [0.25, 0.3) is 0 Å². The number of rotatable bonds is 4. The second-order valence-corrected chi connectivity index (χ2v) is 7.34. The van der Waals surface area contributed by atoms with Crippen molar-refractivity contribution in [3.63, 3.8) is 0 Å². The fraction of sp³-hybridized carbons (Fsp3) is 0.160. The lowest BCUT2D eigenvalue weighted by atomic mass is 9.86. The van der Waals surface area contributed by atoms with E-state index < -0.39 is 0 Å². The summed E-state index contributed by atoms with van der Waals surface area (Å²) in [6.07, 6.45) is 1.01. The van der Waals surface area contributed by atoms with Crippen molar-refractivity contribution in [2.45, 2.75) is 19.3 Å². The van der Waals surface area contributed by atoms with E-state index in [0.717, 1.165) is 30.2 Å². The Morgan fingerprint density at radius 1 is 0.821 bits per heavy atom. The van der Waals surface area contributed by atoms with Gasteiger partial charge in [-0.25, -0.2) is 4.68 Å². The molecule has 138 valence electrons. The second-order valence-electron chi connectivity index (χ2n) is 7.34. The fourth-order valence-corrected chi connectivity index (χ4v) is 4.21. The molecule has 0 spiro atoms. The van der Waals surface area contributed by atoms with Gasteiger partial charge in [-0.15, -0.1) is 0 Å². The molecule has 0 amide bonds. The molecule has 0 radical (unpaired) electrons. The van der Waals surface area contributed by atoms with Crippen LogP contribution in [0.25, 0.3) is 5.69 Å². The number of para-hydroxylation sites is 1. The Morgan fingerprint density at radius 2 is 1.43 bits per heavy atom. The SMILES string of the molecule is Cc1ccccc1-n1nc(C(c2ccccc2)c2ccccc2)c2c1NCC2. The van der Waals surface area contributed by atoms with Gasteiger partial charge in [-0.2, -0.15) is 5.10 Å². The molecule has 2 heterocycles. The lowest BCUT2D eigenvalue weighted by molar-refractivity contribution is 0.799. The molecule has 1 aliphatic heterocycles. The van der Waals surface area contributed by atoms with Crippen LogP contribution in [0.2, 0.25) is 0 Å². The Kier molecular flexibility index (Phi) is 4.21. The number of benzene rings is 3. The number of hydrogen-bond donors (Lipinski definition) is 1. The van der Waals surface area contributed by atoms with Gasteiger partial charge in [-0.1, -0.05) is 78.9 Å². The van der Waals surface area contributed by atoms with Crippen LogP contribution in [0.4, 0.5) is 5.82 Å². The summed E-state index contributed by atoms with van der Waals surface area (Å²) in [6, 6.07) is 29.9. The zero-order valence-corrected chi connectivity index (χ0v) is 16.0. The Hall–Kier alpha value is -3.33. The summed E-state index contributed by atoms with van der Waals surface area (Å²) in [5.41, 5.74) is 7.40. The summed E-state index contributed by atoms with van der Waals surface area (Å²) >= 11 is 0. The molecule has 0 saturated carbocycles. The van der Waals surface area contributed by atoms with E-state index >= 15 is 0 Å². The number of aromatic nitrogens is 2. The van der Waals surface area contributed by atoms with Crippen molar-refractivity contribution in [1.82, 2.24) is 9.78 Å². The average molecular weight is 365 g/mol. The molecule has 1 N–H and O–H groups in total. The van der Waals surface area contributed by atoms with Crippen LogP contribution in [0.3, 0.4) is 0 Å². The van der Waals surface area contributed by atoms with E-state index in [2.05, 4.69) is 102 Å². The van der Waals surface area contributed by atoms with E-state index in [1.54, 1.807) is 0 Å². The first kappa shape index (κ1) is 16.8. The second kappa shape index (κ2) is 7.01. The van der Waals surface area contributed by atoms with Crippen molar-refractivity contribution in [3.05, 3.63) is 113 Å². The number of hydrogen-bond acceptors (Lipinski definition) is 2. The van der Waals surface area contributed by atoms with Crippen LogP contribution < -0.4 is 5.32 Å². The third kappa shape index (κ3) is 2.80. The molecule has 0 atom stereocenters. The smallest absolute Gasteiger partial charge is 0.133 e. The largest absolute Gasteiger partial charge is 0.369 e. The summed E-state index contributed by atoms with van der Waals surface area (Å²) in [4.78, 5) is 0. The minimum atomic E-state index is 0.126. The standard InChI is InChI=1S/C25H23N3/c1-18-10-8-9-15-22(18)28-25-21(16-17-26-25)24(27-28)23(19-11-4-2-5-12-19)20-13-6-3-7-14-20/h2-15,23,26H,16-17H2,1H3. The molecule has 0 fully saturated rings. The van der Waals surface area contributed by atoms with E-state index in [1.807, 2.05) is 0 Å². The predicted octanol–water partition coefficient (Wildman–Crippen LogP) is 5.33. The highest BCUT2D eigenvalue weighted by Crippen LogP contribution is 2.39. The van der Waals surface area contributed by atoms with Crippen LogP contribution >= 0.6 is 0 Å². The number of nitrogens with zero attached hydrogens (tertiary/aromatic N) is 2. The number of nitrogens with one attached hydrogen (secondary N) is 1. The molecule has 3 nitrogen and oxygen atoms in total. The molecular formula is C25H23N3. The topological polar surface area (TPSA) is 29.9 Å². The van der Waals surface area contributed by atoms with Gasteiger partial charge < -0.3 is 5.32 Å². The third-order valence-electron chi connectivity index (χ3n) is 5.56. The van der Waals surface area contributed by atoms with Crippen LogP contribution in [0.5, 0.6) is 0 Å². The van der Waals surface area contributed by atoms with Crippen molar-refractivity contribution in [3.8, 4) is 5.69 Å². The third-order valence-corrected chi connectivity index (χ3v) is 5.56. The van der Waals surface area contributed by atoms with Crippen LogP contribution in [0.1, 0.15) is 33.9 Å². The van der Waals surface area contributed by atoms with E-state index in [0.29, 0.717) is 0 Å². The van der Waals surface area contributed by atoms with Crippen molar-refractivity contribution in [2.24, 2.45) is 0 Å². The number of anilines is 1. The number of aryl methyl sites for hydroxylation is 1. The van der Waals surface area contributed by atoms with Crippen LogP contribution in [0.15, 0.2) is 84.9 Å². The molecule has 1 aliphatic rings. The van der Waals surface area contributed by atoms with E-state index in [4.69, 9.17) is 5.10 Å². The Bertz CT molecular complexity index is 1060. The zero-order valence-electron chi connectivity index (χ0n) is 16.0. The van der Waals surface area contributed by atoms with Crippen LogP contribution in [-0.4, -0.2) is 16.3 Å². The lowest BCUT2D eigenvalue weighted by Gasteiger charge is -2.17. The molecule has 4 aromatic rings. The highest BCUT2D eigenvalue weighted by atomic mass is 15.3. The fourth-order valence-electron chi connectivity index (χ4n) is 4.21. The highest BCUT2D eigenvalue weighted by molar-refractivity contribution is 5.61. The first-order valence-electron chi connectivity index (χ1n) is 9.84. The van der Waals surface area contributed by atoms with Crippen molar-refractivity contribution in [1.29, 1.82) is 0 Å². The predicted molar refractivity (Wildman–Crippen MR) is 114 cm³/mol. The first-order valence-corrected chi connectivity index (χ1v) is 9.84. The molecule has 3 aromatic carbocycles. The van der Waals surface area contributed by atoms with Crippen LogP contribution in [0, 0.1) is 6.92 Å². The summed E-state index contributed by atoms with van der Waals surface area (Å²) in [6.45, 7) is 3.10. The molecule has 5 rings (SSSR count). The van der Waals surface area contributed by atoms with Gasteiger partial charge in [-0.3, -0.25) is 0 Å². The number of fused-ring (bicyclic) bond motifs is 1. The Morgan fingerprint density at radius 3 is 2.07 bits per heavy atom. The maximum atomic E-state index is 5.17. The molecule has 1 aromatic heterocycles. The van der Waals surface area contributed by atoms with Gasteiger partial charge in [0.05, 0.1) is 17.3 Å². The van der Waals surface area contributed by atoms with E-state index in [-0.39, 0.29) is 5.92 Å². The minimum absolute atomic E-state index is 0.126. The normalized spacial score (nSPS) is 12.8. The Labute approximate surface area is 165 Å². The van der Waals surface area contributed by atoms with Gasteiger partial charge in [0.15, 0.2) is 0 Å². The molecule has 3 heteroatoms. The summed E-state index contributed by atoms with van der Waals surface area (Å²) < 4.78 is 2.10. The van der Waals surface area contributed by atoms with Crippen LogP contribution in [-0.2, 0) is 6.42 Å². The molecule has 0 unspecified atom stereocenters. The van der Waals surface area contributed by atoms with E-state index in [9.17, 15) is 0 Å². The summed E-state index contributed by atoms with van der Waals surface area (Å²) in [5, 5.41) is 8.74. The summed E-state index contributed by atoms with van der Waals surface area (Å²) in [5.74, 6) is 1.27. The van der Waals surface area contributed by atoms with Crippen molar-refractivity contribution in [2.75, 3.05) is 11.9 Å². The van der Waals surface area contributed by atoms with Crippen molar-refractivity contribution < 1.29 is 0 Å². The molecular weight excluding hydrogens is 342 g/mol. The zero-order chi connectivity index (χ0) is 18.9. The van der Waals surface area contributed by atoms with Gasteiger partial charge in [0, 0.05) is 12.1 Å². The maximum absolute atomic E-state index is 5.17. The van der Waals surface area contributed by atoms with Gasteiger partial charge in [0.1, 0.15) is 5.82 Å². The Balaban J connectivity index is 1.73. The molecule has 0 bridgehead atoms. The lowest BCUT2D eigenvalue weighted by Crippen LogP contribution is -2.10. The maximum Gasteiger partial charge on any atom is 0.133 e. The quantitative estimate of drug-likeness (QED) is 0.530. The van der Waals surface area contributed by atoms with Gasteiger partial charge in [0.2, 0.25) is 0 Å². The van der Waals surface area contributed by atoms with Gasteiger partial charge in [-0.05, 0) is 36.1 Å². The van der Waals surface area contributed by atoms with Gasteiger partial charge >= 0.3 is 0 Å². The summed E-state index contributed by atoms with van der Waals surface area (Å²) in [7, 11) is 0. The minimum Gasteiger partial charge on any atom is -0.369 e. The first-order chi connectivity index (χ1) is 13.8. The molecule has 0 saturated heterocycles.